The molecule has 0 amide bonds. The minimum Gasteiger partial charge on any atom is -0.373 e. The molecule has 1 aromatic rings. The van der Waals surface area contributed by atoms with E-state index in [1.54, 1.807) is 0 Å². The zero-order chi connectivity index (χ0) is 14.6. The third-order valence-electron chi connectivity index (χ3n) is 3.19. The summed E-state index contributed by atoms with van der Waals surface area (Å²) in [7, 11) is 0. The molecule has 0 spiro atoms. The van der Waals surface area contributed by atoms with Crippen LogP contribution in [0.4, 0.5) is 0 Å². The van der Waals surface area contributed by atoms with Crippen molar-refractivity contribution in [1.29, 1.82) is 0 Å². The van der Waals surface area contributed by atoms with E-state index in [9.17, 15) is 4.79 Å². The first-order chi connectivity index (χ1) is 8.70. The molecule has 0 bridgehead atoms. The average Bonchev–Trinajstić information content (AvgIpc) is 2.21. The Balaban J connectivity index is 2.60. The molecule has 0 aromatic heterocycles. The molecule has 0 unspecified atom stereocenters. The Kier molecular flexibility index (Phi) is 5.30. The van der Waals surface area contributed by atoms with Crippen molar-refractivity contribution in [2.45, 2.75) is 48.0 Å². The number of ether oxygens (including phenoxy) is 1. The van der Waals surface area contributed by atoms with Gasteiger partial charge in [-0.3, -0.25) is 4.79 Å². The highest BCUT2D eigenvalue weighted by molar-refractivity contribution is 5.99. The summed E-state index contributed by atoms with van der Waals surface area (Å²) in [4.78, 5) is 12.2. The van der Waals surface area contributed by atoms with Crippen LogP contribution in [0.1, 0.15) is 54.2 Å². The summed E-state index contributed by atoms with van der Waals surface area (Å²) >= 11 is 0. The number of ketones is 1. The maximum absolute atomic E-state index is 12.2. The van der Waals surface area contributed by atoms with Crippen LogP contribution in [0, 0.1) is 26.2 Å². The van der Waals surface area contributed by atoms with Gasteiger partial charge in [-0.25, -0.2) is 0 Å². The van der Waals surface area contributed by atoms with Gasteiger partial charge in [-0.15, -0.1) is 0 Å². The Labute approximate surface area is 117 Å². The Morgan fingerprint density at radius 1 is 1.11 bits per heavy atom. The Morgan fingerprint density at radius 3 is 2.11 bits per heavy atom. The van der Waals surface area contributed by atoms with Gasteiger partial charge >= 0.3 is 0 Å². The highest BCUT2D eigenvalue weighted by atomic mass is 16.5. The van der Waals surface area contributed by atoms with Gasteiger partial charge in [0.15, 0.2) is 5.78 Å². The molecule has 0 aliphatic rings. The lowest BCUT2D eigenvalue weighted by Gasteiger charge is -2.17. The molecule has 19 heavy (non-hydrogen) atoms. The first-order valence-electron chi connectivity index (χ1n) is 6.89. The number of rotatable bonds is 5. The fourth-order valence-corrected chi connectivity index (χ4v) is 2.24. The van der Waals surface area contributed by atoms with Gasteiger partial charge in [-0.05, 0) is 43.7 Å². The van der Waals surface area contributed by atoms with Gasteiger partial charge in [0.25, 0.3) is 0 Å². The fourth-order valence-electron chi connectivity index (χ4n) is 2.24. The van der Waals surface area contributed by atoms with Gasteiger partial charge in [-0.2, -0.15) is 0 Å². The highest BCUT2D eigenvalue weighted by Gasteiger charge is 2.14. The number of carbonyl (C=O) groups is 1. The molecular formula is C17H26O2. The van der Waals surface area contributed by atoms with Gasteiger partial charge in [0.05, 0.1) is 0 Å². The molecular weight excluding hydrogens is 236 g/mol. The summed E-state index contributed by atoms with van der Waals surface area (Å²) < 4.78 is 5.52. The Morgan fingerprint density at radius 2 is 1.63 bits per heavy atom. The summed E-state index contributed by atoms with van der Waals surface area (Å²) in [6.07, 6.45) is 0.964. The second-order valence-corrected chi connectivity index (χ2v) is 6.56. The minimum absolute atomic E-state index is 0.0870. The van der Waals surface area contributed by atoms with Crippen molar-refractivity contribution in [2.75, 3.05) is 13.2 Å². The molecule has 2 heteroatoms. The predicted octanol–water partition coefficient (Wildman–Crippen LogP) is 4.25. The predicted molar refractivity (Wildman–Crippen MR) is 79.9 cm³/mol. The second-order valence-electron chi connectivity index (χ2n) is 6.56. The minimum atomic E-state index is 0.0870. The van der Waals surface area contributed by atoms with Gasteiger partial charge in [-0.1, -0.05) is 38.5 Å². The van der Waals surface area contributed by atoms with Crippen molar-refractivity contribution in [3.8, 4) is 0 Å². The number of Topliss-reactive ketones (excluding diaryl/α,β-unsaturated/α-hetero) is 1. The van der Waals surface area contributed by atoms with Crippen molar-refractivity contribution in [2.24, 2.45) is 5.41 Å². The van der Waals surface area contributed by atoms with Crippen LogP contribution in [0.25, 0.3) is 0 Å². The van der Waals surface area contributed by atoms with E-state index in [1.807, 2.05) is 20.8 Å². The van der Waals surface area contributed by atoms with Crippen molar-refractivity contribution in [3.05, 3.63) is 34.4 Å². The molecule has 106 valence electrons. The molecule has 1 aromatic carbocycles. The number of benzene rings is 1. The third-order valence-corrected chi connectivity index (χ3v) is 3.19. The van der Waals surface area contributed by atoms with E-state index in [-0.39, 0.29) is 17.8 Å². The summed E-state index contributed by atoms with van der Waals surface area (Å²) in [5, 5.41) is 0. The number of carbonyl (C=O) groups excluding carboxylic acids is 1. The smallest absolute Gasteiger partial charge is 0.188 e. The van der Waals surface area contributed by atoms with Crippen LogP contribution in [0.2, 0.25) is 0 Å². The van der Waals surface area contributed by atoms with Crippen LogP contribution >= 0.6 is 0 Å². The van der Waals surface area contributed by atoms with Crippen LogP contribution in [-0.2, 0) is 4.74 Å². The summed E-state index contributed by atoms with van der Waals surface area (Å²) in [5.41, 5.74) is 4.35. The van der Waals surface area contributed by atoms with Crippen LogP contribution in [0.3, 0.4) is 0 Å². The lowest BCUT2D eigenvalue weighted by atomic mass is 9.93. The second kappa shape index (κ2) is 6.33. The van der Waals surface area contributed by atoms with Gasteiger partial charge in [0.2, 0.25) is 0 Å². The number of aryl methyl sites for hydroxylation is 3. The first kappa shape index (κ1) is 15.9. The zero-order valence-corrected chi connectivity index (χ0v) is 13.1. The Bertz CT molecular complexity index is 430. The van der Waals surface area contributed by atoms with Crippen molar-refractivity contribution in [1.82, 2.24) is 0 Å². The lowest BCUT2D eigenvalue weighted by Crippen LogP contribution is -2.16. The largest absolute Gasteiger partial charge is 0.373 e. The Hall–Kier alpha value is -1.15. The molecule has 2 nitrogen and oxygen atoms in total. The van der Waals surface area contributed by atoms with E-state index in [1.165, 1.54) is 5.56 Å². The van der Waals surface area contributed by atoms with E-state index in [0.29, 0.717) is 6.61 Å². The maximum atomic E-state index is 12.2. The maximum Gasteiger partial charge on any atom is 0.188 e. The van der Waals surface area contributed by atoms with Crippen molar-refractivity contribution in [3.63, 3.8) is 0 Å². The van der Waals surface area contributed by atoms with Gasteiger partial charge in [0, 0.05) is 12.2 Å². The number of hydrogen-bond donors (Lipinski definition) is 0. The molecule has 0 atom stereocenters. The highest BCUT2D eigenvalue weighted by Crippen LogP contribution is 2.19. The summed E-state index contributed by atoms with van der Waals surface area (Å²) in [6.45, 7) is 13.4. The molecule has 0 saturated carbocycles. The molecule has 0 fully saturated rings. The lowest BCUT2D eigenvalue weighted by molar-refractivity contribution is 0.0704. The topological polar surface area (TPSA) is 26.3 Å². The van der Waals surface area contributed by atoms with Crippen LogP contribution in [0.5, 0.6) is 0 Å². The first-order valence-corrected chi connectivity index (χ1v) is 6.89. The fraction of sp³-hybridized carbons (Fsp3) is 0.588. The monoisotopic (exact) mass is 262 g/mol. The standard InChI is InChI=1S/C17H26O2/c1-12-9-13(2)16(14(3)10-12)15(18)11-19-8-7-17(4,5)6/h9-10H,7-8,11H2,1-6H3. The molecule has 0 aliphatic heterocycles. The molecule has 0 aliphatic carbocycles. The molecule has 0 N–H and O–H groups in total. The van der Waals surface area contributed by atoms with Crippen molar-refractivity contribution >= 4 is 5.78 Å². The molecule has 0 radical (unpaired) electrons. The normalized spacial score (nSPS) is 11.7. The van der Waals surface area contributed by atoms with E-state index >= 15 is 0 Å². The summed E-state index contributed by atoms with van der Waals surface area (Å²) in [5.74, 6) is 0.0870. The average molecular weight is 262 g/mol. The van der Waals surface area contributed by atoms with E-state index in [4.69, 9.17) is 4.74 Å². The third kappa shape index (κ3) is 5.15. The van der Waals surface area contributed by atoms with E-state index in [2.05, 4.69) is 32.9 Å². The van der Waals surface area contributed by atoms with Crippen molar-refractivity contribution < 1.29 is 9.53 Å². The number of hydrogen-bond acceptors (Lipinski definition) is 2. The van der Waals surface area contributed by atoms with Gasteiger partial charge in [0.1, 0.15) is 6.61 Å². The van der Waals surface area contributed by atoms with E-state index < -0.39 is 0 Å². The van der Waals surface area contributed by atoms with Crippen LogP contribution in [0.15, 0.2) is 12.1 Å². The van der Waals surface area contributed by atoms with Gasteiger partial charge < -0.3 is 4.74 Å². The summed E-state index contributed by atoms with van der Waals surface area (Å²) in [6, 6.07) is 4.10. The molecule has 0 saturated heterocycles. The zero-order valence-electron chi connectivity index (χ0n) is 13.1. The van der Waals surface area contributed by atoms with Crippen LogP contribution in [-0.4, -0.2) is 19.0 Å². The molecule has 0 heterocycles. The quantitative estimate of drug-likeness (QED) is 0.586. The van der Waals surface area contributed by atoms with E-state index in [0.717, 1.165) is 23.1 Å². The van der Waals surface area contributed by atoms with Crippen LogP contribution < -0.4 is 0 Å². The molecule has 1 rings (SSSR count). The SMILES string of the molecule is Cc1cc(C)c(C(=O)COCCC(C)(C)C)c(C)c1.